The minimum absolute atomic E-state index is 0.0644. The van der Waals surface area contributed by atoms with Crippen molar-refractivity contribution in [1.29, 1.82) is 0 Å². The van der Waals surface area contributed by atoms with Gasteiger partial charge in [-0.1, -0.05) is 127 Å². The molecular formula is C54H37BN2O2. The second kappa shape index (κ2) is 14.6. The van der Waals surface area contributed by atoms with E-state index in [1.807, 2.05) is 6.07 Å². The quantitative estimate of drug-likeness (QED) is 0.144. The standard InChI is InChI=1S/C54H37BN2O2/c1-5-14-42(15-6-1)56(43-16-7-2-8-17-43)46-30-24-38(25-31-46)40-28-34-50-48(36-40)55-49-37-41(29-35-51(49)59-53-23-13-22-52(58-50)54(53)55)39-26-32-47(33-27-39)57(44-18-9-3-10-19-44)45-20-11-4-12-21-45/h1-37H. The number of hydrogen-bond acceptors (Lipinski definition) is 4. The molecule has 9 aromatic rings. The van der Waals surface area contributed by atoms with Crippen LogP contribution in [0.25, 0.3) is 22.3 Å². The van der Waals surface area contributed by atoms with E-state index < -0.39 is 0 Å². The molecule has 0 aliphatic carbocycles. The van der Waals surface area contributed by atoms with Crippen molar-refractivity contribution in [2.24, 2.45) is 0 Å². The first-order valence-electron chi connectivity index (χ1n) is 20.0. The maximum Gasteiger partial charge on any atom is 0.260 e. The molecule has 0 N–H and O–H groups in total. The summed E-state index contributed by atoms with van der Waals surface area (Å²) in [5.74, 6) is 3.40. The number of nitrogens with zero attached hydrogens (tertiary/aromatic N) is 2. The Morgan fingerprint density at radius 1 is 0.271 bits per heavy atom. The fraction of sp³-hybridized carbons (Fsp3) is 0. The molecule has 2 heterocycles. The molecule has 0 radical (unpaired) electrons. The molecule has 278 valence electrons. The lowest BCUT2D eigenvalue weighted by Gasteiger charge is -2.33. The van der Waals surface area contributed by atoms with Gasteiger partial charge < -0.3 is 19.3 Å². The van der Waals surface area contributed by atoms with Crippen molar-refractivity contribution in [3.05, 3.63) is 224 Å². The van der Waals surface area contributed by atoms with E-state index in [-0.39, 0.29) is 6.71 Å². The molecular weight excluding hydrogens is 719 g/mol. The van der Waals surface area contributed by atoms with Crippen LogP contribution in [0, 0.1) is 0 Å². The van der Waals surface area contributed by atoms with E-state index >= 15 is 0 Å². The Bertz CT molecular complexity index is 2650. The number of rotatable bonds is 8. The molecule has 0 saturated carbocycles. The molecule has 11 rings (SSSR count). The van der Waals surface area contributed by atoms with Crippen molar-refractivity contribution in [2.75, 3.05) is 9.80 Å². The van der Waals surface area contributed by atoms with Crippen molar-refractivity contribution < 1.29 is 9.47 Å². The first kappa shape index (κ1) is 34.5. The van der Waals surface area contributed by atoms with Gasteiger partial charge in [0.2, 0.25) is 0 Å². The molecule has 5 heteroatoms. The molecule has 0 unspecified atom stereocenters. The molecule has 0 aromatic heterocycles. The molecule has 0 atom stereocenters. The summed E-state index contributed by atoms with van der Waals surface area (Å²) in [4.78, 5) is 4.57. The van der Waals surface area contributed by atoms with Gasteiger partial charge in [-0.2, -0.15) is 0 Å². The molecule has 2 aliphatic heterocycles. The Labute approximate surface area is 344 Å². The summed E-state index contributed by atoms with van der Waals surface area (Å²) in [6, 6.07) is 79.0. The number of hydrogen-bond donors (Lipinski definition) is 0. The van der Waals surface area contributed by atoms with Gasteiger partial charge in [0.15, 0.2) is 0 Å². The minimum atomic E-state index is -0.0644. The Hall–Kier alpha value is -7.76. The first-order chi connectivity index (χ1) is 29.2. The highest BCUT2D eigenvalue weighted by molar-refractivity contribution is 6.98. The van der Waals surface area contributed by atoms with Gasteiger partial charge in [0.1, 0.15) is 23.0 Å². The molecule has 4 nitrogen and oxygen atoms in total. The highest BCUT2D eigenvalue weighted by Gasteiger charge is 2.40. The lowest BCUT2D eigenvalue weighted by atomic mass is 9.34. The summed E-state index contributed by atoms with van der Waals surface area (Å²) in [6.45, 7) is -0.0644. The van der Waals surface area contributed by atoms with E-state index in [2.05, 4.69) is 228 Å². The van der Waals surface area contributed by atoms with Crippen molar-refractivity contribution in [3.8, 4) is 45.3 Å². The number of fused-ring (bicyclic) bond motifs is 4. The van der Waals surface area contributed by atoms with E-state index in [1.165, 1.54) is 0 Å². The van der Waals surface area contributed by atoms with E-state index in [4.69, 9.17) is 9.47 Å². The molecule has 9 aromatic carbocycles. The van der Waals surface area contributed by atoms with Crippen molar-refractivity contribution in [3.63, 3.8) is 0 Å². The summed E-state index contributed by atoms with van der Waals surface area (Å²) >= 11 is 0. The molecule has 0 fully saturated rings. The van der Waals surface area contributed by atoms with Crippen LogP contribution in [-0.4, -0.2) is 6.71 Å². The summed E-state index contributed by atoms with van der Waals surface area (Å²) in [5.41, 5.74) is 14.5. The third kappa shape index (κ3) is 6.30. The predicted molar refractivity (Wildman–Crippen MR) is 244 cm³/mol. The SMILES string of the molecule is c1ccc(N(c2ccccc2)c2ccc(-c3ccc4c(c3)B3c5cc(-c6ccc(N(c7ccccc7)c7ccccc7)cc6)ccc5Oc5cccc(c53)O4)cc2)cc1. The summed E-state index contributed by atoms with van der Waals surface area (Å²) in [5, 5.41) is 0. The van der Waals surface area contributed by atoms with Crippen molar-refractivity contribution in [1.82, 2.24) is 0 Å². The maximum atomic E-state index is 6.61. The summed E-state index contributed by atoms with van der Waals surface area (Å²) < 4.78 is 13.2. The molecule has 0 spiro atoms. The van der Waals surface area contributed by atoms with Gasteiger partial charge in [0.05, 0.1) is 0 Å². The number of benzene rings is 9. The van der Waals surface area contributed by atoms with Gasteiger partial charge in [-0.3, -0.25) is 0 Å². The predicted octanol–water partition coefficient (Wildman–Crippen LogP) is 12.7. The molecule has 0 amide bonds. The second-order valence-electron chi connectivity index (χ2n) is 14.9. The Kier molecular flexibility index (Phi) is 8.56. The van der Waals surface area contributed by atoms with Gasteiger partial charge in [0.25, 0.3) is 6.71 Å². The van der Waals surface area contributed by atoms with E-state index in [1.54, 1.807) is 0 Å². The van der Waals surface area contributed by atoms with Crippen LogP contribution in [0.1, 0.15) is 0 Å². The Balaban J connectivity index is 0.956. The normalized spacial score (nSPS) is 12.0. The van der Waals surface area contributed by atoms with Crippen molar-refractivity contribution >= 4 is 57.2 Å². The zero-order chi connectivity index (χ0) is 39.1. The van der Waals surface area contributed by atoms with Crippen LogP contribution in [0.3, 0.4) is 0 Å². The Morgan fingerprint density at radius 3 is 0.949 bits per heavy atom. The fourth-order valence-electron chi connectivity index (χ4n) is 8.60. The molecule has 0 saturated heterocycles. The lowest BCUT2D eigenvalue weighted by molar-refractivity contribution is 0.464. The summed E-state index contributed by atoms with van der Waals surface area (Å²) in [6.07, 6.45) is 0. The number of ether oxygens (including phenoxy) is 2. The number of anilines is 6. The smallest absolute Gasteiger partial charge is 0.260 e. The molecule has 59 heavy (non-hydrogen) atoms. The van der Waals surface area contributed by atoms with Gasteiger partial charge in [-0.05, 0) is 130 Å². The summed E-state index contributed by atoms with van der Waals surface area (Å²) in [7, 11) is 0. The van der Waals surface area contributed by atoms with E-state index in [0.29, 0.717) is 0 Å². The third-order valence-electron chi connectivity index (χ3n) is 11.4. The van der Waals surface area contributed by atoms with E-state index in [9.17, 15) is 0 Å². The maximum absolute atomic E-state index is 6.61. The highest BCUT2D eigenvalue weighted by atomic mass is 16.5. The Morgan fingerprint density at radius 2 is 0.593 bits per heavy atom. The van der Waals surface area contributed by atoms with Gasteiger partial charge >= 0.3 is 0 Å². The largest absolute Gasteiger partial charge is 0.458 e. The average Bonchev–Trinajstić information content (AvgIpc) is 3.31. The minimum Gasteiger partial charge on any atom is -0.458 e. The van der Waals surface area contributed by atoms with E-state index in [0.717, 1.165) is 95.8 Å². The topological polar surface area (TPSA) is 24.9 Å². The van der Waals surface area contributed by atoms with Crippen LogP contribution in [0.5, 0.6) is 23.0 Å². The van der Waals surface area contributed by atoms with Gasteiger partial charge in [-0.15, -0.1) is 0 Å². The van der Waals surface area contributed by atoms with Crippen LogP contribution in [0.15, 0.2) is 224 Å². The molecule has 0 bridgehead atoms. The highest BCUT2D eigenvalue weighted by Crippen LogP contribution is 2.40. The monoisotopic (exact) mass is 756 g/mol. The third-order valence-corrected chi connectivity index (χ3v) is 11.4. The zero-order valence-electron chi connectivity index (χ0n) is 32.2. The number of para-hydroxylation sites is 4. The van der Waals surface area contributed by atoms with Crippen molar-refractivity contribution in [2.45, 2.75) is 0 Å². The van der Waals surface area contributed by atoms with Gasteiger partial charge in [-0.25, -0.2) is 0 Å². The lowest BCUT2D eigenvalue weighted by Crippen LogP contribution is -2.57. The zero-order valence-corrected chi connectivity index (χ0v) is 32.2. The second-order valence-corrected chi connectivity index (χ2v) is 14.9. The van der Waals surface area contributed by atoms with Crippen LogP contribution < -0.4 is 35.7 Å². The van der Waals surface area contributed by atoms with Crippen LogP contribution in [-0.2, 0) is 0 Å². The molecule has 2 aliphatic rings. The first-order valence-corrected chi connectivity index (χ1v) is 20.0. The average molecular weight is 757 g/mol. The fourth-order valence-corrected chi connectivity index (χ4v) is 8.60. The van der Waals surface area contributed by atoms with Gasteiger partial charge in [0, 0.05) is 39.6 Å². The van der Waals surface area contributed by atoms with Crippen LogP contribution >= 0.6 is 0 Å². The van der Waals surface area contributed by atoms with Crippen LogP contribution in [0.2, 0.25) is 0 Å². The van der Waals surface area contributed by atoms with Crippen LogP contribution in [0.4, 0.5) is 34.1 Å².